The third kappa shape index (κ3) is 3.34. The van der Waals surface area contributed by atoms with Gasteiger partial charge in [-0.2, -0.15) is 4.98 Å². The molecule has 106 valence electrons. The highest BCUT2D eigenvalue weighted by Crippen LogP contribution is 2.28. The molecule has 0 amide bonds. The van der Waals surface area contributed by atoms with Gasteiger partial charge in [-0.25, -0.2) is 0 Å². The van der Waals surface area contributed by atoms with E-state index in [0.29, 0.717) is 22.2 Å². The molecule has 0 aliphatic rings. The van der Waals surface area contributed by atoms with Crippen LogP contribution < -0.4 is 0 Å². The largest absolute Gasteiger partial charge is 0.505 e. The highest BCUT2D eigenvalue weighted by molar-refractivity contribution is 7.98. The quantitative estimate of drug-likeness (QED) is 0.738. The lowest BCUT2D eigenvalue weighted by molar-refractivity contribution is 0.419. The van der Waals surface area contributed by atoms with Crippen LogP contribution in [0, 0.1) is 0 Å². The Morgan fingerprint density at radius 1 is 1.29 bits per heavy atom. The monoisotopic (exact) mass is 319 g/mol. The van der Waals surface area contributed by atoms with Crippen molar-refractivity contribution in [3.05, 3.63) is 53.6 Å². The maximum Gasteiger partial charge on any atom is 0.261 e. The number of rotatable bonds is 4. The molecule has 0 bridgehead atoms. The molecule has 2 heterocycles. The Hall–Kier alpha value is -2.05. The Labute approximate surface area is 130 Å². The number of aromatic hydroxyl groups is 1. The summed E-state index contributed by atoms with van der Waals surface area (Å²) in [5, 5.41) is 14.3. The molecule has 0 saturated carbocycles. The molecule has 0 aliphatic heterocycles. The average molecular weight is 320 g/mol. The molecule has 0 unspecified atom stereocenters. The summed E-state index contributed by atoms with van der Waals surface area (Å²) in [5.74, 6) is 1.38. The molecular formula is C14H10ClN3O2S. The fraction of sp³-hybridized carbons (Fsp3) is 0.0714. The number of thioether (sulfide) groups is 1. The van der Waals surface area contributed by atoms with Crippen molar-refractivity contribution in [2.75, 3.05) is 0 Å². The number of halogens is 1. The maximum atomic E-state index is 9.70. The first-order chi connectivity index (χ1) is 10.2. The molecule has 1 N–H and O–H groups in total. The van der Waals surface area contributed by atoms with Crippen molar-refractivity contribution in [2.24, 2.45) is 0 Å². The van der Waals surface area contributed by atoms with E-state index in [9.17, 15) is 5.11 Å². The standard InChI is InChI=1S/C14H10ClN3O2S/c15-9-2-1-3-10(6-9)21-8-13-17-14(20-18-13)11-4-5-16-7-12(11)19/h1-7,19H,8H2. The second kappa shape index (κ2) is 6.15. The molecule has 2 aromatic heterocycles. The van der Waals surface area contributed by atoms with Gasteiger partial charge in [0, 0.05) is 16.1 Å². The normalized spacial score (nSPS) is 10.7. The van der Waals surface area contributed by atoms with Crippen LogP contribution in [0.15, 0.2) is 52.1 Å². The molecule has 0 radical (unpaired) electrons. The summed E-state index contributed by atoms with van der Waals surface area (Å²) in [4.78, 5) is 9.09. The van der Waals surface area contributed by atoms with Crippen LogP contribution in [0.1, 0.15) is 5.82 Å². The summed E-state index contributed by atoms with van der Waals surface area (Å²) < 4.78 is 5.16. The third-order valence-electron chi connectivity index (χ3n) is 2.66. The zero-order valence-electron chi connectivity index (χ0n) is 10.7. The van der Waals surface area contributed by atoms with Gasteiger partial charge in [-0.05, 0) is 24.3 Å². The molecule has 1 aromatic carbocycles. The molecule has 0 aliphatic carbocycles. The Balaban J connectivity index is 1.72. The van der Waals surface area contributed by atoms with E-state index in [1.807, 2.05) is 24.3 Å². The summed E-state index contributed by atoms with van der Waals surface area (Å²) >= 11 is 7.49. The van der Waals surface area contributed by atoms with Gasteiger partial charge in [0.1, 0.15) is 5.75 Å². The van der Waals surface area contributed by atoms with Crippen molar-refractivity contribution in [2.45, 2.75) is 10.6 Å². The maximum absolute atomic E-state index is 9.70. The predicted molar refractivity (Wildman–Crippen MR) is 80.2 cm³/mol. The molecule has 21 heavy (non-hydrogen) atoms. The van der Waals surface area contributed by atoms with Crippen LogP contribution in [0.25, 0.3) is 11.5 Å². The van der Waals surface area contributed by atoms with Crippen LogP contribution >= 0.6 is 23.4 Å². The SMILES string of the molecule is Oc1cnccc1-c1nc(CSc2cccc(Cl)c2)no1. The lowest BCUT2D eigenvalue weighted by Crippen LogP contribution is -1.85. The molecule has 0 fully saturated rings. The summed E-state index contributed by atoms with van der Waals surface area (Å²) in [6, 6.07) is 9.18. The van der Waals surface area contributed by atoms with Gasteiger partial charge in [-0.15, -0.1) is 11.8 Å². The van der Waals surface area contributed by atoms with Crippen LogP contribution in [0.4, 0.5) is 0 Å². The van der Waals surface area contributed by atoms with E-state index in [0.717, 1.165) is 4.90 Å². The smallest absolute Gasteiger partial charge is 0.261 e. The van der Waals surface area contributed by atoms with Gasteiger partial charge in [0.25, 0.3) is 5.89 Å². The van der Waals surface area contributed by atoms with Crippen molar-refractivity contribution in [3.8, 4) is 17.2 Å². The summed E-state index contributed by atoms with van der Waals surface area (Å²) in [5.41, 5.74) is 0.469. The van der Waals surface area contributed by atoms with Crippen molar-refractivity contribution < 1.29 is 9.63 Å². The fourth-order valence-corrected chi connectivity index (χ4v) is 2.75. The lowest BCUT2D eigenvalue weighted by Gasteiger charge is -1.98. The molecule has 0 saturated heterocycles. The molecule has 0 atom stereocenters. The van der Waals surface area contributed by atoms with Gasteiger partial charge in [-0.1, -0.05) is 22.8 Å². The zero-order chi connectivity index (χ0) is 14.7. The molecule has 0 spiro atoms. The van der Waals surface area contributed by atoms with E-state index in [2.05, 4.69) is 15.1 Å². The van der Waals surface area contributed by atoms with Crippen LogP contribution in [0.3, 0.4) is 0 Å². The van der Waals surface area contributed by atoms with Gasteiger partial charge >= 0.3 is 0 Å². The topological polar surface area (TPSA) is 72.0 Å². The van der Waals surface area contributed by atoms with E-state index in [1.54, 1.807) is 24.0 Å². The summed E-state index contributed by atoms with van der Waals surface area (Å²) in [6.45, 7) is 0. The van der Waals surface area contributed by atoms with Crippen LogP contribution in [0.5, 0.6) is 5.75 Å². The Kier molecular flexibility index (Phi) is 4.08. The Morgan fingerprint density at radius 2 is 2.19 bits per heavy atom. The predicted octanol–water partition coefficient (Wildman–Crippen LogP) is 3.78. The highest BCUT2D eigenvalue weighted by Gasteiger charge is 2.12. The van der Waals surface area contributed by atoms with E-state index < -0.39 is 0 Å². The van der Waals surface area contributed by atoms with Gasteiger partial charge in [0.15, 0.2) is 5.82 Å². The number of hydrogen-bond acceptors (Lipinski definition) is 6. The minimum absolute atomic E-state index is 0.00944. The van der Waals surface area contributed by atoms with Gasteiger partial charge in [0.05, 0.1) is 17.5 Å². The number of nitrogens with zero attached hydrogens (tertiary/aromatic N) is 3. The van der Waals surface area contributed by atoms with Gasteiger partial charge < -0.3 is 9.63 Å². The fourth-order valence-electron chi connectivity index (χ4n) is 1.69. The first kappa shape index (κ1) is 13.9. The molecule has 7 heteroatoms. The first-order valence-corrected chi connectivity index (χ1v) is 7.43. The van der Waals surface area contributed by atoms with Crippen LogP contribution in [-0.4, -0.2) is 20.2 Å². The number of hydrogen-bond donors (Lipinski definition) is 1. The van der Waals surface area contributed by atoms with Gasteiger partial charge in [0.2, 0.25) is 0 Å². The van der Waals surface area contributed by atoms with E-state index in [1.165, 1.54) is 6.20 Å². The highest BCUT2D eigenvalue weighted by atomic mass is 35.5. The molecule has 5 nitrogen and oxygen atoms in total. The number of pyridine rings is 1. The van der Waals surface area contributed by atoms with Crippen molar-refractivity contribution in [1.82, 2.24) is 15.1 Å². The van der Waals surface area contributed by atoms with E-state index >= 15 is 0 Å². The summed E-state index contributed by atoms with van der Waals surface area (Å²) in [6.07, 6.45) is 2.89. The number of aromatic nitrogens is 3. The zero-order valence-corrected chi connectivity index (χ0v) is 12.3. The van der Waals surface area contributed by atoms with Crippen LogP contribution in [0.2, 0.25) is 5.02 Å². The van der Waals surface area contributed by atoms with E-state index in [-0.39, 0.29) is 11.6 Å². The van der Waals surface area contributed by atoms with Crippen LogP contribution in [-0.2, 0) is 5.75 Å². The van der Waals surface area contributed by atoms with Crippen molar-refractivity contribution in [3.63, 3.8) is 0 Å². The van der Waals surface area contributed by atoms with Crippen molar-refractivity contribution >= 4 is 23.4 Å². The molecular weight excluding hydrogens is 310 g/mol. The number of benzene rings is 1. The van der Waals surface area contributed by atoms with E-state index in [4.69, 9.17) is 16.1 Å². The average Bonchev–Trinajstić information content (AvgIpc) is 2.94. The lowest BCUT2D eigenvalue weighted by atomic mass is 10.2. The first-order valence-electron chi connectivity index (χ1n) is 6.06. The van der Waals surface area contributed by atoms with Crippen molar-refractivity contribution in [1.29, 1.82) is 0 Å². The Morgan fingerprint density at radius 3 is 3.00 bits per heavy atom. The Bertz CT molecular complexity index is 763. The minimum Gasteiger partial charge on any atom is -0.505 e. The summed E-state index contributed by atoms with van der Waals surface area (Å²) in [7, 11) is 0. The molecule has 3 aromatic rings. The second-order valence-corrected chi connectivity index (χ2v) is 5.64. The minimum atomic E-state index is 0.00944. The third-order valence-corrected chi connectivity index (χ3v) is 3.89. The molecule has 3 rings (SSSR count). The van der Waals surface area contributed by atoms with Gasteiger partial charge in [-0.3, -0.25) is 4.98 Å². The second-order valence-electron chi connectivity index (χ2n) is 4.15.